The van der Waals surface area contributed by atoms with E-state index in [0.717, 1.165) is 6.08 Å². The molecule has 8 heteroatoms. The van der Waals surface area contributed by atoms with Crippen LogP contribution in [0, 0.1) is 10.1 Å². The zero-order chi connectivity index (χ0) is 18.9. The summed E-state index contributed by atoms with van der Waals surface area (Å²) in [4.78, 5) is 33.9. The van der Waals surface area contributed by atoms with Gasteiger partial charge in [-0.15, -0.1) is 0 Å². The molecule has 0 aliphatic heterocycles. The molecule has 2 rings (SSSR count). The number of ether oxygens (including phenoxy) is 1. The molecule has 0 saturated carbocycles. The maximum atomic E-state index is 11.9. The molecule has 0 unspecified atom stereocenters. The molecule has 0 aromatic heterocycles. The fourth-order valence-electron chi connectivity index (χ4n) is 2.02. The van der Waals surface area contributed by atoms with Crippen molar-refractivity contribution in [1.82, 2.24) is 10.9 Å². The first-order valence-corrected chi connectivity index (χ1v) is 7.75. The highest BCUT2D eigenvalue weighted by atomic mass is 16.6. The first-order chi connectivity index (χ1) is 12.5. The van der Waals surface area contributed by atoms with Gasteiger partial charge in [0.25, 0.3) is 17.5 Å². The zero-order valence-electron chi connectivity index (χ0n) is 14.0. The van der Waals surface area contributed by atoms with Crippen LogP contribution in [0.4, 0.5) is 5.69 Å². The lowest BCUT2D eigenvalue weighted by molar-refractivity contribution is -0.384. The van der Waals surface area contributed by atoms with Crippen molar-refractivity contribution in [2.45, 2.75) is 6.92 Å². The molecule has 0 saturated heterocycles. The van der Waals surface area contributed by atoms with Crippen LogP contribution in [0.2, 0.25) is 0 Å². The van der Waals surface area contributed by atoms with E-state index in [4.69, 9.17) is 4.74 Å². The number of amides is 2. The number of hydrazine groups is 1. The normalized spacial score (nSPS) is 10.3. The number of nitro benzene ring substituents is 1. The summed E-state index contributed by atoms with van der Waals surface area (Å²) in [5, 5.41) is 10.7. The Labute approximate surface area is 149 Å². The minimum atomic E-state index is -0.573. The third-order valence-corrected chi connectivity index (χ3v) is 3.23. The molecule has 0 radical (unpaired) electrons. The summed E-state index contributed by atoms with van der Waals surface area (Å²) in [6.07, 6.45) is 2.57. The molecule has 2 amide bonds. The van der Waals surface area contributed by atoms with E-state index in [2.05, 4.69) is 10.9 Å². The second kappa shape index (κ2) is 8.97. The van der Waals surface area contributed by atoms with Gasteiger partial charge in [-0.05, 0) is 42.8 Å². The van der Waals surface area contributed by atoms with Crippen LogP contribution in [0.25, 0.3) is 6.08 Å². The minimum absolute atomic E-state index is 0.0728. The maximum absolute atomic E-state index is 11.9. The minimum Gasteiger partial charge on any atom is -0.494 e. The van der Waals surface area contributed by atoms with E-state index in [1.807, 2.05) is 6.92 Å². The standard InChI is InChI=1S/C18H17N3O5/c1-2-26-16-9-7-14(8-10-16)18(23)20-19-17(22)11-6-13-4-3-5-15(12-13)21(24)25/h3-12H,2H2,1H3,(H,19,22)(H,20,23)/b11-6+. The highest BCUT2D eigenvalue weighted by molar-refractivity contribution is 5.98. The Morgan fingerprint density at radius 2 is 1.88 bits per heavy atom. The van der Waals surface area contributed by atoms with Crippen LogP contribution >= 0.6 is 0 Å². The van der Waals surface area contributed by atoms with Crippen molar-refractivity contribution in [3.63, 3.8) is 0 Å². The summed E-state index contributed by atoms with van der Waals surface area (Å²) in [5.74, 6) is -0.408. The number of hydrogen-bond donors (Lipinski definition) is 2. The fraction of sp³-hybridized carbons (Fsp3) is 0.111. The molecule has 0 spiro atoms. The predicted molar refractivity (Wildman–Crippen MR) is 95.4 cm³/mol. The Morgan fingerprint density at radius 3 is 2.54 bits per heavy atom. The van der Waals surface area contributed by atoms with Gasteiger partial charge in [-0.2, -0.15) is 0 Å². The van der Waals surface area contributed by atoms with Crippen LogP contribution in [0.1, 0.15) is 22.8 Å². The summed E-state index contributed by atoms with van der Waals surface area (Å²) in [6, 6.07) is 12.3. The Kier molecular flexibility index (Phi) is 6.44. The number of nitro groups is 1. The second-order valence-corrected chi connectivity index (χ2v) is 5.09. The van der Waals surface area contributed by atoms with Gasteiger partial charge >= 0.3 is 0 Å². The third kappa shape index (κ3) is 5.45. The van der Waals surface area contributed by atoms with Crippen molar-refractivity contribution in [1.29, 1.82) is 0 Å². The first-order valence-electron chi connectivity index (χ1n) is 7.75. The fourth-order valence-corrected chi connectivity index (χ4v) is 2.02. The Balaban J connectivity index is 1.88. The first kappa shape index (κ1) is 18.7. The number of hydrogen-bond acceptors (Lipinski definition) is 5. The second-order valence-electron chi connectivity index (χ2n) is 5.09. The van der Waals surface area contributed by atoms with Gasteiger partial charge in [0.15, 0.2) is 0 Å². The molecule has 2 aromatic rings. The van der Waals surface area contributed by atoms with Gasteiger partial charge in [0.1, 0.15) is 5.75 Å². The molecule has 8 nitrogen and oxygen atoms in total. The summed E-state index contributed by atoms with van der Waals surface area (Å²) < 4.78 is 5.28. The highest BCUT2D eigenvalue weighted by Gasteiger charge is 2.07. The van der Waals surface area contributed by atoms with E-state index in [9.17, 15) is 19.7 Å². The molecule has 0 atom stereocenters. The zero-order valence-corrected chi connectivity index (χ0v) is 14.0. The molecule has 134 valence electrons. The van der Waals surface area contributed by atoms with Gasteiger partial charge in [0.2, 0.25) is 0 Å². The lowest BCUT2D eigenvalue weighted by Crippen LogP contribution is -2.40. The molecule has 2 aromatic carbocycles. The number of rotatable bonds is 6. The number of carbonyl (C=O) groups is 2. The number of nitrogens with zero attached hydrogens (tertiary/aromatic N) is 1. The van der Waals surface area contributed by atoms with Gasteiger partial charge in [0.05, 0.1) is 11.5 Å². The van der Waals surface area contributed by atoms with Gasteiger partial charge in [-0.25, -0.2) is 0 Å². The van der Waals surface area contributed by atoms with E-state index in [-0.39, 0.29) is 5.69 Å². The SMILES string of the molecule is CCOc1ccc(C(=O)NNC(=O)/C=C/c2cccc([N+](=O)[O-])c2)cc1. The lowest BCUT2D eigenvalue weighted by Gasteiger charge is -2.06. The number of nitrogens with one attached hydrogen (secondary N) is 2. The van der Waals surface area contributed by atoms with Crippen molar-refractivity contribution in [2.75, 3.05) is 6.61 Å². The predicted octanol–water partition coefficient (Wildman–Crippen LogP) is 2.47. The van der Waals surface area contributed by atoms with Gasteiger partial charge in [0, 0.05) is 23.8 Å². The van der Waals surface area contributed by atoms with E-state index >= 15 is 0 Å². The van der Waals surface area contributed by atoms with Crippen molar-refractivity contribution in [3.8, 4) is 5.75 Å². The molecule has 0 heterocycles. The molecule has 26 heavy (non-hydrogen) atoms. The van der Waals surface area contributed by atoms with Crippen LogP contribution in [0.3, 0.4) is 0 Å². The van der Waals surface area contributed by atoms with Crippen LogP contribution < -0.4 is 15.6 Å². The lowest BCUT2D eigenvalue weighted by atomic mass is 10.2. The van der Waals surface area contributed by atoms with Crippen molar-refractivity contribution >= 4 is 23.6 Å². The number of benzene rings is 2. The summed E-state index contributed by atoms with van der Waals surface area (Å²) in [7, 11) is 0. The third-order valence-electron chi connectivity index (χ3n) is 3.23. The van der Waals surface area contributed by atoms with Crippen molar-refractivity contribution < 1.29 is 19.2 Å². The van der Waals surface area contributed by atoms with E-state index in [0.29, 0.717) is 23.5 Å². The van der Waals surface area contributed by atoms with Gasteiger partial charge in [-0.3, -0.25) is 30.6 Å². The quantitative estimate of drug-likeness (QED) is 0.470. The Bertz CT molecular complexity index is 831. The molecular formula is C18H17N3O5. The van der Waals surface area contributed by atoms with Crippen molar-refractivity contribution in [2.24, 2.45) is 0 Å². The monoisotopic (exact) mass is 355 g/mol. The topological polar surface area (TPSA) is 111 Å². The number of non-ortho nitro benzene ring substituents is 1. The number of carbonyl (C=O) groups excluding carboxylic acids is 2. The van der Waals surface area contributed by atoms with Gasteiger partial charge in [-0.1, -0.05) is 12.1 Å². The average molecular weight is 355 g/mol. The van der Waals surface area contributed by atoms with E-state index in [1.165, 1.54) is 24.3 Å². The molecule has 0 aliphatic carbocycles. The largest absolute Gasteiger partial charge is 0.494 e. The average Bonchev–Trinajstić information content (AvgIpc) is 2.65. The molecule has 0 bridgehead atoms. The maximum Gasteiger partial charge on any atom is 0.270 e. The van der Waals surface area contributed by atoms with Gasteiger partial charge < -0.3 is 4.74 Å². The van der Waals surface area contributed by atoms with Crippen LogP contribution in [-0.2, 0) is 4.79 Å². The molecule has 0 aliphatic rings. The summed E-state index contributed by atoms with van der Waals surface area (Å²) in [5.41, 5.74) is 5.29. The molecule has 0 fully saturated rings. The van der Waals surface area contributed by atoms with E-state index < -0.39 is 16.7 Å². The Hall–Kier alpha value is -3.68. The van der Waals surface area contributed by atoms with Crippen LogP contribution in [-0.4, -0.2) is 23.3 Å². The smallest absolute Gasteiger partial charge is 0.270 e. The molecular weight excluding hydrogens is 338 g/mol. The molecule has 2 N–H and O–H groups in total. The van der Waals surface area contributed by atoms with Crippen LogP contribution in [0.5, 0.6) is 5.75 Å². The van der Waals surface area contributed by atoms with Crippen LogP contribution in [0.15, 0.2) is 54.6 Å². The van der Waals surface area contributed by atoms with Crippen molar-refractivity contribution in [3.05, 3.63) is 75.8 Å². The highest BCUT2D eigenvalue weighted by Crippen LogP contribution is 2.14. The summed E-state index contributed by atoms with van der Waals surface area (Å²) in [6.45, 7) is 2.38. The van der Waals surface area contributed by atoms with E-state index in [1.54, 1.807) is 30.3 Å². The Morgan fingerprint density at radius 1 is 1.15 bits per heavy atom. The summed E-state index contributed by atoms with van der Waals surface area (Å²) >= 11 is 0.